The van der Waals surface area contributed by atoms with Gasteiger partial charge in [0.1, 0.15) is 6.33 Å². The van der Waals surface area contributed by atoms with Gasteiger partial charge in [-0.15, -0.1) is 5.10 Å². The predicted octanol–water partition coefficient (Wildman–Crippen LogP) is 1.41. The predicted molar refractivity (Wildman–Crippen MR) is 96.4 cm³/mol. The van der Waals surface area contributed by atoms with E-state index >= 15 is 0 Å². The van der Waals surface area contributed by atoms with Gasteiger partial charge in [0.2, 0.25) is 0 Å². The Morgan fingerprint density at radius 1 is 1.24 bits per heavy atom. The SMILES string of the molecule is CC1CCN(CC(O)CNC(C)c2ccc(-n3cnnn3)cc2)CC1. The van der Waals surface area contributed by atoms with Crippen LogP contribution in [0.4, 0.5) is 0 Å². The number of aliphatic hydroxyl groups is 1. The summed E-state index contributed by atoms with van der Waals surface area (Å²) in [5.74, 6) is 0.822. The van der Waals surface area contributed by atoms with E-state index in [1.54, 1.807) is 11.0 Å². The van der Waals surface area contributed by atoms with Crippen molar-refractivity contribution >= 4 is 0 Å². The fraction of sp³-hybridized carbons (Fsp3) is 0.611. The Morgan fingerprint density at radius 2 is 1.96 bits per heavy atom. The highest BCUT2D eigenvalue weighted by Crippen LogP contribution is 2.17. The number of aromatic nitrogens is 4. The van der Waals surface area contributed by atoms with Crippen LogP contribution in [0.1, 0.15) is 38.3 Å². The summed E-state index contributed by atoms with van der Waals surface area (Å²) in [6.07, 6.45) is 3.72. The van der Waals surface area contributed by atoms with Crippen LogP contribution in [0.5, 0.6) is 0 Å². The molecule has 25 heavy (non-hydrogen) atoms. The molecule has 0 amide bonds. The van der Waals surface area contributed by atoms with Crippen molar-refractivity contribution in [2.75, 3.05) is 26.2 Å². The number of hydrogen-bond acceptors (Lipinski definition) is 6. The van der Waals surface area contributed by atoms with Crippen molar-refractivity contribution in [3.8, 4) is 5.69 Å². The van der Waals surface area contributed by atoms with E-state index in [9.17, 15) is 5.11 Å². The average molecular weight is 344 g/mol. The molecule has 2 unspecified atom stereocenters. The summed E-state index contributed by atoms with van der Waals surface area (Å²) in [6.45, 7) is 7.98. The summed E-state index contributed by atoms with van der Waals surface area (Å²) in [7, 11) is 0. The molecule has 1 aromatic heterocycles. The van der Waals surface area contributed by atoms with Gasteiger partial charge in [0.05, 0.1) is 11.8 Å². The molecular weight excluding hydrogens is 316 g/mol. The van der Waals surface area contributed by atoms with Gasteiger partial charge in [-0.05, 0) is 66.9 Å². The van der Waals surface area contributed by atoms with E-state index < -0.39 is 0 Å². The third kappa shape index (κ3) is 5.07. The van der Waals surface area contributed by atoms with E-state index in [2.05, 4.69) is 51.7 Å². The van der Waals surface area contributed by atoms with Gasteiger partial charge in [-0.3, -0.25) is 0 Å². The Bertz CT molecular complexity index is 622. The third-order valence-electron chi connectivity index (χ3n) is 5.01. The van der Waals surface area contributed by atoms with Crippen LogP contribution in [0.3, 0.4) is 0 Å². The summed E-state index contributed by atoms with van der Waals surface area (Å²) in [5, 5.41) is 24.9. The summed E-state index contributed by atoms with van der Waals surface area (Å²) < 4.78 is 1.63. The van der Waals surface area contributed by atoms with Crippen LogP contribution in [0.25, 0.3) is 5.69 Å². The lowest BCUT2D eigenvalue weighted by Gasteiger charge is -2.32. The van der Waals surface area contributed by atoms with Crippen molar-refractivity contribution in [1.82, 2.24) is 30.4 Å². The standard InChI is InChI=1S/C18H28N6O/c1-14-7-9-23(10-8-14)12-18(25)11-19-15(2)16-3-5-17(6-4-16)24-13-20-21-22-24/h3-6,13-15,18-19,25H,7-12H2,1-2H3. The minimum absolute atomic E-state index is 0.180. The van der Waals surface area contributed by atoms with Gasteiger partial charge < -0.3 is 15.3 Å². The summed E-state index contributed by atoms with van der Waals surface area (Å²) in [4.78, 5) is 2.37. The Balaban J connectivity index is 1.44. The van der Waals surface area contributed by atoms with Crippen LogP contribution in [-0.2, 0) is 0 Å². The number of β-amino-alcohol motifs (C(OH)–C–C–N with tert-alkyl or cyclic N) is 1. The summed E-state index contributed by atoms with van der Waals surface area (Å²) >= 11 is 0. The second-order valence-electron chi connectivity index (χ2n) is 7.11. The largest absolute Gasteiger partial charge is 0.390 e. The van der Waals surface area contributed by atoms with E-state index in [-0.39, 0.29) is 12.1 Å². The van der Waals surface area contributed by atoms with Crippen LogP contribution in [0.2, 0.25) is 0 Å². The number of hydrogen-bond donors (Lipinski definition) is 2. The third-order valence-corrected chi connectivity index (χ3v) is 5.01. The zero-order chi connectivity index (χ0) is 17.6. The zero-order valence-electron chi connectivity index (χ0n) is 15.0. The van der Waals surface area contributed by atoms with Gasteiger partial charge in [-0.1, -0.05) is 19.1 Å². The molecule has 2 atom stereocenters. The first-order chi connectivity index (χ1) is 12.1. The molecule has 2 aromatic rings. The molecule has 7 heteroatoms. The lowest BCUT2D eigenvalue weighted by Crippen LogP contribution is -2.42. The Kier molecular flexibility index (Phi) is 6.12. The minimum Gasteiger partial charge on any atom is -0.390 e. The quantitative estimate of drug-likeness (QED) is 0.791. The van der Waals surface area contributed by atoms with Crippen molar-refractivity contribution in [2.45, 2.75) is 38.8 Å². The first kappa shape index (κ1) is 18.0. The second-order valence-corrected chi connectivity index (χ2v) is 7.11. The number of rotatable bonds is 7. The maximum atomic E-state index is 10.3. The van der Waals surface area contributed by atoms with Gasteiger partial charge in [0.25, 0.3) is 0 Å². The van der Waals surface area contributed by atoms with Crippen molar-refractivity contribution in [3.05, 3.63) is 36.2 Å². The van der Waals surface area contributed by atoms with E-state index in [0.717, 1.165) is 31.2 Å². The van der Waals surface area contributed by atoms with E-state index in [1.165, 1.54) is 18.4 Å². The molecule has 1 saturated heterocycles. The molecule has 0 aliphatic carbocycles. The monoisotopic (exact) mass is 344 g/mol. The van der Waals surface area contributed by atoms with Crippen molar-refractivity contribution in [1.29, 1.82) is 0 Å². The lowest BCUT2D eigenvalue weighted by atomic mass is 9.99. The molecule has 0 spiro atoms. The molecule has 1 aliphatic rings. The smallest absolute Gasteiger partial charge is 0.143 e. The Hall–Kier alpha value is -1.83. The molecule has 0 radical (unpaired) electrons. The van der Waals surface area contributed by atoms with Gasteiger partial charge in [-0.25, -0.2) is 4.68 Å². The van der Waals surface area contributed by atoms with Crippen molar-refractivity contribution < 1.29 is 5.11 Å². The molecule has 7 nitrogen and oxygen atoms in total. The number of nitrogens with one attached hydrogen (secondary N) is 1. The molecule has 1 aromatic carbocycles. The van der Waals surface area contributed by atoms with Crippen molar-refractivity contribution in [2.24, 2.45) is 5.92 Å². The number of aliphatic hydroxyl groups excluding tert-OH is 1. The first-order valence-corrected chi connectivity index (χ1v) is 9.09. The van der Waals surface area contributed by atoms with Crippen LogP contribution >= 0.6 is 0 Å². The number of benzene rings is 1. The van der Waals surface area contributed by atoms with Crippen LogP contribution in [-0.4, -0.2) is 62.5 Å². The van der Waals surface area contributed by atoms with Gasteiger partial charge in [0, 0.05) is 19.1 Å². The highest BCUT2D eigenvalue weighted by molar-refractivity contribution is 5.34. The summed E-state index contributed by atoms with van der Waals surface area (Å²) in [5.41, 5.74) is 2.11. The maximum Gasteiger partial charge on any atom is 0.143 e. The van der Waals surface area contributed by atoms with E-state index in [0.29, 0.717) is 6.54 Å². The number of likely N-dealkylation sites (tertiary alicyclic amines) is 1. The molecule has 3 rings (SSSR count). The topological polar surface area (TPSA) is 79.1 Å². The van der Waals surface area contributed by atoms with Crippen molar-refractivity contribution in [3.63, 3.8) is 0 Å². The molecular formula is C18H28N6O. The summed E-state index contributed by atoms with van der Waals surface area (Å²) in [6, 6.07) is 8.30. The Labute approximate surface area is 149 Å². The van der Waals surface area contributed by atoms with Crippen LogP contribution in [0.15, 0.2) is 30.6 Å². The highest BCUT2D eigenvalue weighted by atomic mass is 16.3. The zero-order valence-corrected chi connectivity index (χ0v) is 15.0. The van der Waals surface area contributed by atoms with Gasteiger partial charge in [-0.2, -0.15) is 0 Å². The second kappa shape index (κ2) is 8.51. The fourth-order valence-electron chi connectivity index (χ4n) is 3.23. The van der Waals surface area contributed by atoms with E-state index in [4.69, 9.17) is 0 Å². The number of tetrazole rings is 1. The lowest BCUT2D eigenvalue weighted by molar-refractivity contribution is 0.0892. The Morgan fingerprint density at radius 3 is 2.60 bits per heavy atom. The molecule has 0 saturated carbocycles. The minimum atomic E-state index is -0.337. The van der Waals surface area contributed by atoms with Crippen LogP contribution in [0, 0.1) is 5.92 Å². The van der Waals surface area contributed by atoms with Gasteiger partial charge in [0.15, 0.2) is 0 Å². The molecule has 1 fully saturated rings. The molecule has 2 heterocycles. The molecule has 0 bridgehead atoms. The van der Waals surface area contributed by atoms with E-state index in [1.807, 2.05) is 12.1 Å². The maximum absolute atomic E-state index is 10.3. The first-order valence-electron chi connectivity index (χ1n) is 9.09. The number of nitrogens with zero attached hydrogens (tertiary/aromatic N) is 5. The van der Waals surface area contributed by atoms with Gasteiger partial charge >= 0.3 is 0 Å². The normalized spacial score (nSPS) is 19.0. The molecule has 2 N–H and O–H groups in total. The average Bonchev–Trinajstić information content (AvgIpc) is 3.16. The highest BCUT2D eigenvalue weighted by Gasteiger charge is 2.18. The van der Waals surface area contributed by atoms with Crippen LogP contribution < -0.4 is 5.32 Å². The molecule has 136 valence electrons. The number of piperidine rings is 1. The fourth-order valence-corrected chi connectivity index (χ4v) is 3.23. The molecule has 1 aliphatic heterocycles.